The van der Waals surface area contributed by atoms with Crippen molar-refractivity contribution in [2.24, 2.45) is 0 Å². The second kappa shape index (κ2) is 7.72. The lowest BCUT2D eigenvalue weighted by molar-refractivity contribution is -0.124. The van der Waals surface area contributed by atoms with Crippen LogP contribution in [0, 0.1) is 0 Å². The summed E-state index contributed by atoms with van der Waals surface area (Å²) < 4.78 is 5.03. The minimum atomic E-state index is -0.589. The van der Waals surface area contributed by atoms with Crippen molar-refractivity contribution in [3.8, 4) is 0 Å². The number of hydrogen-bond acceptors (Lipinski definition) is 5. The summed E-state index contributed by atoms with van der Waals surface area (Å²) in [4.78, 5) is 32.1. The first-order valence-electron chi connectivity index (χ1n) is 7.51. The van der Waals surface area contributed by atoms with E-state index in [9.17, 15) is 9.59 Å². The third-order valence-corrected chi connectivity index (χ3v) is 3.69. The number of hydrogen-bond donors (Lipinski definition) is 1. The topological polar surface area (TPSA) is 81.2 Å². The fourth-order valence-corrected chi connectivity index (χ4v) is 2.28. The second-order valence-corrected chi connectivity index (χ2v) is 5.68. The number of fused-ring (bicyclic) bond motifs is 1. The summed E-state index contributed by atoms with van der Waals surface area (Å²) in [5, 5.41) is 3.30. The fourth-order valence-electron chi connectivity index (χ4n) is 2.16. The Hall–Kier alpha value is -2.99. The van der Waals surface area contributed by atoms with Crippen LogP contribution < -0.4 is 5.32 Å². The lowest BCUT2D eigenvalue weighted by Crippen LogP contribution is -2.28. The number of amides is 1. The van der Waals surface area contributed by atoms with Crippen molar-refractivity contribution in [1.82, 2.24) is 15.3 Å². The predicted octanol–water partition coefficient (Wildman–Crippen LogP) is 2.76. The summed E-state index contributed by atoms with van der Waals surface area (Å²) in [6.07, 6.45) is 3.12. The van der Waals surface area contributed by atoms with Gasteiger partial charge in [-0.05, 0) is 35.9 Å². The minimum Gasteiger partial charge on any atom is -0.452 e. The molecule has 0 radical (unpaired) electrons. The van der Waals surface area contributed by atoms with E-state index in [0.717, 1.165) is 5.56 Å². The maximum atomic E-state index is 12.0. The highest BCUT2D eigenvalue weighted by Gasteiger charge is 2.11. The lowest BCUT2D eigenvalue weighted by Gasteiger charge is -2.07. The molecule has 1 N–H and O–H groups in total. The molecule has 0 bridgehead atoms. The van der Waals surface area contributed by atoms with Crippen molar-refractivity contribution in [1.29, 1.82) is 0 Å². The molecular formula is C18H14ClN3O3. The molecule has 126 valence electrons. The van der Waals surface area contributed by atoms with Crippen molar-refractivity contribution in [3.63, 3.8) is 0 Å². The first-order chi connectivity index (χ1) is 12.1. The lowest BCUT2D eigenvalue weighted by atomic mass is 10.2. The van der Waals surface area contributed by atoms with Gasteiger partial charge in [0, 0.05) is 24.0 Å². The van der Waals surface area contributed by atoms with Crippen LogP contribution in [-0.4, -0.2) is 28.5 Å². The molecule has 7 heteroatoms. The molecule has 0 unspecified atom stereocenters. The maximum absolute atomic E-state index is 12.0. The van der Waals surface area contributed by atoms with Crippen LogP contribution in [0.5, 0.6) is 0 Å². The van der Waals surface area contributed by atoms with E-state index in [2.05, 4.69) is 15.3 Å². The first-order valence-corrected chi connectivity index (χ1v) is 7.89. The van der Waals surface area contributed by atoms with Gasteiger partial charge in [-0.1, -0.05) is 23.7 Å². The van der Waals surface area contributed by atoms with Gasteiger partial charge in [-0.15, -0.1) is 0 Å². The van der Waals surface area contributed by atoms with Crippen LogP contribution >= 0.6 is 11.6 Å². The van der Waals surface area contributed by atoms with Crippen LogP contribution in [-0.2, 0) is 16.1 Å². The summed E-state index contributed by atoms with van der Waals surface area (Å²) in [6.45, 7) is -0.0238. The number of rotatable bonds is 5. The van der Waals surface area contributed by atoms with E-state index in [0.29, 0.717) is 28.2 Å². The van der Waals surface area contributed by atoms with Crippen LogP contribution in [0.2, 0.25) is 5.02 Å². The Bertz CT molecular complexity index is 913. The molecule has 0 aliphatic rings. The quantitative estimate of drug-likeness (QED) is 0.712. The Balaban J connectivity index is 1.52. The minimum absolute atomic E-state index is 0.318. The van der Waals surface area contributed by atoms with Gasteiger partial charge in [-0.2, -0.15) is 0 Å². The maximum Gasteiger partial charge on any atom is 0.338 e. The van der Waals surface area contributed by atoms with E-state index in [1.54, 1.807) is 42.7 Å². The molecule has 1 aromatic heterocycles. The van der Waals surface area contributed by atoms with Crippen LogP contribution in [0.1, 0.15) is 15.9 Å². The van der Waals surface area contributed by atoms with Gasteiger partial charge in [0.05, 0.1) is 16.6 Å². The molecule has 0 spiro atoms. The molecule has 25 heavy (non-hydrogen) atoms. The van der Waals surface area contributed by atoms with Gasteiger partial charge < -0.3 is 10.1 Å². The van der Waals surface area contributed by atoms with E-state index < -0.39 is 5.97 Å². The molecule has 0 saturated carbocycles. The molecule has 0 aliphatic carbocycles. The van der Waals surface area contributed by atoms with E-state index in [-0.39, 0.29) is 12.5 Å². The second-order valence-electron chi connectivity index (χ2n) is 5.24. The van der Waals surface area contributed by atoms with Crippen molar-refractivity contribution in [3.05, 3.63) is 71.0 Å². The smallest absolute Gasteiger partial charge is 0.338 e. The van der Waals surface area contributed by atoms with Gasteiger partial charge in [0.1, 0.15) is 0 Å². The standard InChI is InChI=1S/C18H14ClN3O3/c19-14-4-1-12(2-5-14)10-22-17(23)11-25-18(24)13-3-6-15-16(9-13)21-8-7-20-15/h1-9H,10-11H2,(H,22,23). The number of ether oxygens (including phenoxy) is 1. The molecule has 1 amide bonds. The highest BCUT2D eigenvalue weighted by molar-refractivity contribution is 6.30. The van der Waals surface area contributed by atoms with Gasteiger partial charge in [0.2, 0.25) is 0 Å². The number of benzene rings is 2. The molecule has 3 rings (SSSR count). The Kier molecular flexibility index (Phi) is 5.20. The van der Waals surface area contributed by atoms with Gasteiger partial charge >= 0.3 is 5.97 Å². The highest BCUT2D eigenvalue weighted by Crippen LogP contribution is 2.12. The molecule has 0 aliphatic heterocycles. The molecule has 0 fully saturated rings. The van der Waals surface area contributed by atoms with E-state index in [4.69, 9.17) is 16.3 Å². The molecule has 6 nitrogen and oxygen atoms in total. The zero-order valence-electron chi connectivity index (χ0n) is 13.1. The monoisotopic (exact) mass is 355 g/mol. The summed E-state index contributed by atoms with van der Waals surface area (Å²) in [7, 11) is 0. The van der Waals surface area contributed by atoms with E-state index >= 15 is 0 Å². The first kappa shape index (κ1) is 16.9. The average molecular weight is 356 g/mol. The van der Waals surface area contributed by atoms with Crippen molar-refractivity contribution in [2.45, 2.75) is 6.54 Å². The summed E-state index contributed by atoms with van der Waals surface area (Å²) in [6, 6.07) is 12.0. The summed E-state index contributed by atoms with van der Waals surface area (Å²) in [5.74, 6) is -0.974. The molecule has 0 saturated heterocycles. The van der Waals surface area contributed by atoms with Crippen molar-refractivity contribution < 1.29 is 14.3 Å². The number of carbonyl (C=O) groups excluding carboxylic acids is 2. The molecule has 1 heterocycles. The molecular weight excluding hydrogens is 342 g/mol. The Morgan fingerprint density at radius 3 is 2.48 bits per heavy atom. The third kappa shape index (κ3) is 4.51. The molecule has 0 atom stereocenters. The van der Waals surface area contributed by atoms with Gasteiger partial charge in [0.15, 0.2) is 6.61 Å². The van der Waals surface area contributed by atoms with Crippen LogP contribution in [0.4, 0.5) is 0 Å². The zero-order chi connectivity index (χ0) is 17.6. The number of esters is 1. The number of nitrogens with zero attached hydrogens (tertiary/aromatic N) is 2. The van der Waals surface area contributed by atoms with Gasteiger partial charge in [-0.3, -0.25) is 14.8 Å². The third-order valence-electron chi connectivity index (χ3n) is 3.44. The number of halogens is 1. The van der Waals surface area contributed by atoms with Crippen LogP contribution in [0.3, 0.4) is 0 Å². The van der Waals surface area contributed by atoms with E-state index in [1.807, 2.05) is 12.1 Å². The number of nitrogens with one attached hydrogen (secondary N) is 1. The summed E-state index contributed by atoms with van der Waals surface area (Å²) in [5.41, 5.74) is 2.49. The predicted molar refractivity (Wildman–Crippen MR) is 93.1 cm³/mol. The van der Waals surface area contributed by atoms with Crippen LogP contribution in [0.15, 0.2) is 54.9 Å². The van der Waals surface area contributed by atoms with E-state index in [1.165, 1.54) is 0 Å². The Morgan fingerprint density at radius 1 is 1.00 bits per heavy atom. The molecule has 3 aromatic rings. The van der Waals surface area contributed by atoms with Crippen molar-refractivity contribution in [2.75, 3.05) is 6.61 Å². The number of carbonyl (C=O) groups is 2. The SMILES string of the molecule is O=C(COC(=O)c1ccc2nccnc2c1)NCc1ccc(Cl)cc1. The van der Waals surface area contributed by atoms with Crippen LogP contribution in [0.25, 0.3) is 11.0 Å². The molecule has 2 aromatic carbocycles. The largest absolute Gasteiger partial charge is 0.452 e. The fraction of sp³-hybridized carbons (Fsp3) is 0.111. The number of aromatic nitrogens is 2. The Labute approximate surface area is 148 Å². The normalized spacial score (nSPS) is 10.4. The Morgan fingerprint density at radius 2 is 1.72 bits per heavy atom. The summed E-state index contributed by atoms with van der Waals surface area (Å²) >= 11 is 5.80. The van der Waals surface area contributed by atoms with Gasteiger partial charge in [0.25, 0.3) is 5.91 Å². The van der Waals surface area contributed by atoms with Crippen molar-refractivity contribution >= 4 is 34.5 Å². The zero-order valence-corrected chi connectivity index (χ0v) is 13.9. The highest BCUT2D eigenvalue weighted by atomic mass is 35.5. The average Bonchev–Trinajstić information content (AvgIpc) is 2.65. The van der Waals surface area contributed by atoms with Gasteiger partial charge in [-0.25, -0.2) is 4.79 Å².